The van der Waals surface area contributed by atoms with E-state index in [0.717, 1.165) is 11.8 Å². The summed E-state index contributed by atoms with van der Waals surface area (Å²) in [5.74, 6) is 1.69. The van der Waals surface area contributed by atoms with E-state index in [4.69, 9.17) is 0 Å². The van der Waals surface area contributed by atoms with Gasteiger partial charge in [0.05, 0.1) is 0 Å². The van der Waals surface area contributed by atoms with Crippen LogP contribution in [0.4, 0.5) is 0 Å². The summed E-state index contributed by atoms with van der Waals surface area (Å²) in [7, 11) is 0. The summed E-state index contributed by atoms with van der Waals surface area (Å²) in [5.41, 5.74) is 3.07. The summed E-state index contributed by atoms with van der Waals surface area (Å²) >= 11 is 0. The first-order valence-corrected chi connectivity index (χ1v) is 5.95. The zero-order valence-corrected chi connectivity index (χ0v) is 9.74. The van der Waals surface area contributed by atoms with Gasteiger partial charge in [0, 0.05) is 0 Å². The highest BCUT2D eigenvalue weighted by atomic mass is 14.3. The normalized spacial score (nSPS) is 26.1. The second-order valence-corrected chi connectivity index (χ2v) is 4.92. The van der Waals surface area contributed by atoms with Crippen LogP contribution in [0, 0.1) is 11.8 Å². The largest absolute Gasteiger partial charge is 0.0853 e. The third-order valence-corrected chi connectivity index (χ3v) is 3.57. The first kappa shape index (κ1) is 10.5. The van der Waals surface area contributed by atoms with Crippen molar-refractivity contribution in [3.63, 3.8) is 0 Å². The summed E-state index contributed by atoms with van der Waals surface area (Å²) in [5, 5.41) is 0. The van der Waals surface area contributed by atoms with Gasteiger partial charge in [-0.15, -0.1) is 0 Å². The summed E-state index contributed by atoms with van der Waals surface area (Å²) in [4.78, 5) is 0. The lowest BCUT2D eigenvalue weighted by Gasteiger charge is -2.27. The van der Waals surface area contributed by atoms with Crippen molar-refractivity contribution in [1.82, 2.24) is 0 Å². The van der Waals surface area contributed by atoms with Gasteiger partial charge in [0.25, 0.3) is 0 Å². The lowest BCUT2D eigenvalue weighted by molar-refractivity contribution is 0.338. The van der Waals surface area contributed by atoms with Crippen molar-refractivity contribution >= 4 is 0 Å². The van der Waals surface area contributed by atoms with E-state index in [1.165, 1.54) is 24.8 Å². The molecule has 0 N–H and O–H groups in total. The summed E-state index contributed by atoms with van der Waals surface area (Å²) in [6, 6.07) is 10.9. The minimum Gasteiger partial charge on any atom is -0.0853 e. The second-order valence-electron chi connectivity index (χ2n) is 4.92. The number of allylic oxidation sites excluding steroid dienone is 2. The smallest absolute Gasteiger partial charge is 0.0245 e. The molecule has 0 spiro atoms. The molecule has 2 rings (SSSR count). The van der Waals surface area contributed by atoms with Gasteiger partial charge in [-0.25, -0.2) is 0 Å². The van der Waals surface area contributed by atoms with Gasteiger partial charge in [-0.3, -0.25) is 0 Å². The van der Waals surface area contributed by atoms with Gasteiger partial charge in [0.1, 0.15) is 0 Å². The van der Waals surface area contributed by atoms with Crippen molar-refractivity contribution in [2.45, 2.75) is 33.1 Å². The number of hydrogen-bond donors (Lipinski definition) is 0. The van der Waals surface area contributed by atoms with Crippen molar-refractivity contribution in [2.75, 3.05) is 0 Å². The van der Waals surface area contributed by atoms with Gasteiger partial charge >= 0.3 is 0 Å². The third kappa shape index (κ3) is 2.71. The van der Waals surface area contributed by atoms with Gasteiger partial charge < -0.3 is 0 Å². The molecule has 0 nitrogen and oxygen atoms in total. The van der Waals surface area contributed by atoms with E-state index in [-0.39, 0.29) is 0 Å². The molecule has 0 aromatic heterocycles. The molecule has 0 aliphatic heterocycles. The maximum atomic E-state index is 2.41. The van der Waals surface area contributed by atoms with Crippen molar-refractivity contribution in [3.8, 4) is 0 Å². The van der Waals surface area contributed by atoms with Gasteiger partial charge in [-0.05, 0) is 43.6 Å². The molecule has 0 heterocycles. The topological polar surface area (TPSA) is 0 Å². The molecule has 0 saturated heterocycles. The van der Waals surface area contributed by atoms with Crippen LogP contribution in [0.1, 0.15) is 32.3 Å². The SMILES string of the molecule is CC1=CC[C@@H](C)C(Cc2ccccc2)C1. The van der Waals surface area contributed by atoms with E-state index < -0.39 is 0 Å². The summed E-state index contributed by atoms with van der Waals surface area (Å²) in [6.07, 6.45) is 6.21. The monoisotopic (exact) mass is 200 g/mol. The van der Waals surface area contributed by atoms with E-state index in [1.54, 1.807) is 5.57 Å². The fourth-order valence-electron chi connectivity index (χ4n) is 2.47. The molecule has 0 saturated carbocycles. The molecule has 0 fully saturated rings. The Morgan fingerprint density at radius 3 is 2.67 bits per heavy atom. The molecule has 1 aliphatic carbocycles. The number of rotatable bonds is 2. The molecule has 1 aromatic carbocycles. The Labute approximate surface area is 93.0 Å². The molecule has 0 bridgehead atoms. The van der Waals surface area contributed by atoms with E-state index in [0.29, 0.717) is 0 Å². The molecule has 2 atom stereocenters. The Balaban J connectivity index is 2.03. The average molecular weight is 200 g/mol. The van der Waals surface area contributed by atoms with E-state index in [9.17, 15) is 0 Å². The first-order valence-electron chi connectivity index (χ1n) is 5.95. The average Bonchev–Trinajstić information content (AvgIpc) is 2.25. The van der Waals surface area contributed by atoms with Crippen LogP contribution in [-0.2, 0) is 6.42 Å². The van der Waals surface area contributed by atoms with E-state index in [2.05, 4.69) is 50.3 Å². The molecule has 0 heteroatoms. The Bertz CT molecular complexity index is 334. The van der Waals surface area contributed by atoms with Crippen LogP contribution in [0.3, 0.4) is 0 Å². The molecular formula is C15H20. The zero-order chi connectivity index (χ0) is 10.7. The maximum absolute atomic E-state index is 2.41. The Morgan fingerprint density at radius 2 is 1.93 bits per heavy atom. The van der Waals surface area contributed by atoms with E-state index in [1.807, 2.05) is 0 Å². The van der Waals surface area contributed by atoms with Gasteiger partial charge in [0.2, 0.25) is 0 Å². The van der Waals surface area contributed by atoms with Crippen LogP contribution in [0.5, 0.6) is 0 Å². The minimum absolute atomic E-state index is 0.842. The lowest BCUT2D eigenvalue weighted by atomic mass is 9.78. The highest BCUT2D eigenvalue weighted by Gasteiger charge is 2.20. The zero-order valence-electron chi connectivity index (χ0n) is 9.74. The maximum Gasteiger partial charge on any atom is -0.0245 e. The second kappa shape index (κ2) is 4.65. The molecule has 1 aliphatic rings. The molecule has 80 valence electrons. The van der Waals surface area contributed by atoms with E-state index >= 15 is 0 Å². The lowest BCUT2D eigenvalue weighted by Crippen LogP contribution is -2.18. The molecule has 0 radical (unpaired) electrons. The van der Waals surface area contributed by atoms with Crippen LogP contribution in [0.15, 0.2) is 42.0 Å². The fraction of sp³-hybridized carbons (Fsp3) is 0.467. The van der Waals surface area contributed by atoms with Crippen molar-refractivity contribution in [1.29, 1.82) is 0 Å². The predicted octanol–water partition coefficient (Wildman–Crippen LogP) is 4.22. The van der Waals surface area contributed by atoms with Crippen LogP contribution >= 0.6 is 0 Å². The predicted molar refractivity (Wildman–Crippen MR) is 65.8 cm³/mol. The van der Waals surface area contributed by atoms with Gasteiger partial charge in [0.15, 0.2) is 0 Å². The van der Waals surface area contributed by atoms with Crippen molar-refractivity contribution < 1.29 is 0 Å². The van der Waals surface area contributed by atoms with Crippen LogP contribution in [0.25, 0.3) is 0 Å². The van der Waals surface area contributed by atoms with Crippen LogP contribution < -0.4 is 0 Å². The van der Waals surface area contributed by atoms with Gasteiger partial charge in [-0.1, -0.05) is 48.9 Å². The molecule has 1 aromatic rings. The Hall–Kier alpha value is -1.04. The number of benzene rings is 1. The molecule has 15 heavy (non-hydrogen) atoms. The van der Waals surface area contributed by atoms with Crippen LogP contribution in [-0.4, -0.2) is 0 Å². The third-order valence-electron chi connectivity index (χ3n) is 3.57. The van der Waals surface area contributed by atoms with Crippen LogP contribution in [0.2, 0.25) is 0 Å². The summed E-state index contributed by atoms with van der Waals surface area (Å²) < 4.78 is 0. The quantitative estimate of drug-likeness (QED) is 0.627. The number of hydrogen-bond acceptors (Lipinski definition) is 0. The Morgan fingerprint density at radius 1 is 1.20 bits per heavy atom. The highest BCUT2D eigenvalue weighted by molar-refractivity contribution is 5.17. The molecule has 1 unspecified atom stereocenters. The molecular weight excluding hydrogens is 180 g/mol. The minimum atomic E-state index is 0.842. The van der Waals surface area contributed by atoms with Crippen molar-refractivity contribution in [2.24, 2.45) is 11.8 Å². The van der Waals surface area contributed by atoms with Gasteiger partial charge in [-0.2, -0.15) is 0 Å². The summed E-state index contributed by atoms with van der Waals surface area (Å²) in [6.45, 7) is 4.65. The first-order chi connectivity index (χ1) is 7.25. The standard InChI is InChI=1S/C15H20/c1-12-8-9-13(2)15(10-12)11-14-6-4-3-5-7-14/h3-8,13,15H,9-11H2,1-2H3/t13-,15?/m1/s1. The van der Waals surface area contributed by atoms with Crippen molar-refractivity contribution in [3.05, 3.63) is 47.5 Å². The fourth-order valence-corrected chi connectivity index (χ4v) is 2.47. The Kier molecular flexibility index (Phi) is 3.25. The highest BCUT2D eigenvalue weighted by Crippen LogP contribution is 2.31. The molecule has 0 amide bonds.